The van der Waals surface area contributed by atoms with Crippen LogP contribution in [-0.4, -0.2) is 31.4 Å². The Kier molecular flexibility index (Phi) is 4.75. The summed E-state index contributed by atoms with van der Waals surface area (Å²) >= 11 is 3.10. The molecule has 0 aliphatic carbocycles. The smallest absolute Gasteiger partial charge is 0.324 e. The van der Waals surface area contributed by atoms with Gasteiger partial charge in [-0.05, 0) is 48.2 Å². The SMILES string of the molecule is CN(C)CC(=O)Nc1cc(C(F)(F)F)ccc1Br. The number of hydrogen-bond donors (Lipinski definition) is 1. The van der Waals surface area contributed by atoms with Gasteiger partial charge in [0.15, 0.2) is 0 Å². The second-order valence-corrected chi connectivity index (χ2v) is 4.83. The van der Waals surface area contributed by atoms with Crippen molar-refractivity contribution in [2.45, 2.75) is 6.18 Å². The van der Waals surface area contributed by atoms with E-state index >= 15 is 0 Å². The van der Waals surface area contributed by atoms with Crippen molar-refractivity contribution in [2.24, 2.45) is 0 Å². The van der Waals surface area contributed by atoms with Gasteiger partial charge in [-0.1, -0.05) is 0 Å². The van der Waals surface area contributed by atoms with Crippen LogP contribution < -0.4 is 5.32 Å². The van der Waals surface area contributed by atoms with E-state index in [1.54, 1.807) is 19.0 Å². The van der Waals surface area contributed by atoms with E-state index in [-0.39, 0.29) is 18.1 Å². The monoisotopic (exact) mass is 324 g/mol. The van der Waals surface area contributed by atoms with E-state index in [1.165, 1.54) is 6.07 Å². The molecule has 1 aromatic rings. The Morgan fingerprint density at radius 3 is 2.50 bits per heavy atom. The van der Waals surface area contributed by atoms with Gasteiger partial charge in [0.25, 0.3) is 0 Å². The number of nitrogens with one attached hydrogen (secondary N) is 1. The Bertz CT molecular complexity index is 446. The normalized spacial score (nSPS) is 11.7. The molecule has 0 aliphatic rings. The number of hydrogen-bond acceptors (Lipinski definition) is 2. The number of likely N-dealkylation sites (N-methyl/N-ethyl adjacent to an activating group) is 1. The predicted octanol–water partition coefficient (Wildman–Crippen LogP) is 2.97. The molecule has 0 radical (unpaired) electrons. The second kappa shape index (κ2) is 5.71. The number of carbonyl (C=O) groups is 1. The molecular weight excluding hydrogens is 313 g/mol. The third-order valence-electron chi connectivity index (χ3n) is 2.03. The molecule has 1 aromatic carbocycles. The van der Waals surface area contributed by atoms with Crippen LogP contribution in [0.15, 0.2) is 22.7 Å². The van der Waals surface area contributed by atoms with Gasteiger partial charge in [-0.2, -0.15) is 13.2 Å². The Morgan fingerprint density at radius 2 is 2.00 bits per heavy atom. The quantitative estimate of drug-likeness (QED) is 0.927. The highest BCUT2D eigenvalue weighted by atomic mass is 79.9. The number of halogens is 4. The molecule has 0 heterocycles. The van der Waals surface area contributed by atoms with Gasteiger partial charge in [0.1, 0.15) is 0 Å². The summed E-state index contributed by atoms with van der Waals surface area (Å²) in [6, 6.07) is 3.11. The molecule has 0 aromatic heterocycles. The summed E-state index contributed by atoms with van der Waals surface area (Å²) in [6.07, 6.45) is -4.43. The van der Waals surface area contributed by atoms with Crippen molar-refractivity contribution in [1.82, 2.24) is 4.90 Å². The third kappa shape index (κ3) is 4.30. The molecule has 0 fully saturated rings. The van der Waals surface area contributed by atoms with Crippen molar-refractivity contribution in [1.29, 1.82) is 0 Å². The Balaban J connectivity index is 2.92. The average Bonchev–Trinajstić information content (AvgIpc) is 2.18. The van der Waals surface area contributed by atoms with E-state index in [0.29, 0.717) is 4.47 Å². The predicted molar refractivity (Wildman–Crippen MR) is 66.3 cm³/mol. The molecule has 0 aliphatic heterocycles. The molecule has 0 saturated carbocycles. The number of rotatable bonds is 3. The number of alkyl halides is 3. The van der Waals surface area contributed by atoms with Crippen molar-refractivity contribution in [2.75, 3.05) is 26.0 Å². The van der Waals surface area contributed by atoms with E-state index in [1.807, 2.05) is 0 Å². The summed E-state index contributed by atoms with van der Waals surface area (Å²) in [5.74, 6) is -0.375. The fraction of sp³-hybridized carbons (Fsp3) is 0.364. The summed E-state index contributed by atoms with van der Waals surface area (Å²) in [5, 5.41) is 2.43. The van der Waals surface area contributed by atoms with Crippen molar-refractivity contribution >= 4 is 27.5 Å². The Labute approximate surface area is 111 Å². The maximum atomic E-state index is 12.5. The van der Waals surface area contributed by atoms with Gasteiger partial charge in [0, 0.05) is 4.47 Å². The average molecular weight is 325 g/mol. The summed E-state index contributed by atoms with van der Waals surface area (Å²) in [6.45, 7) is 0.0999. The largest absolute Gasteiger partial charge is 0.416 e. The minimum Gasteiger partial charge on any atom is -0.324 e. The van der Waals surface area contributed by atoms with E-state index in [9.17, 15) is 18.0 Å². The minimum absolute atomic E-state index is 0.0999. The highest BCUT2D eigenvalue weighted by Crippen LogP contribution is 2.33. The number of benzene rings is 1. The molecule has 1 amide bonds. The highest BCUT2D eigenvalue weighted by Gasteiger charge is 2.31. The Hall–Kier alpha value is -1.08. The second-order valence-electron chi connectivity index (χ2n) is 3.98. The number of anilines is 1. The summed E-state index contributed by atoms with van der Waals surface area (Å²) < 4.78 is 37.9. The lowest BCUT2D eigenvalue weighted by Crippen LogP contribution is -2.27. The molecule has 3 nitrogen and oxygen atoms in total. The van der Waals surface area contributed by atoms with Crippen LogP contribution in [0.3, 0.4) is 0 Å². The minimum atomic E-state index is -4.43. The van der Waals surface area contributed by atoms with Crippen molar-refractivity contribution in [3.8, 4) is 0 Å². The number of amides is 1. The maximum Gasteiger partial charge on any atom is 0.416 e. The van der Waals surface area contributed by atoms with Crippen molar-refractivity contribution < 1.29 is 18.0 Å². The fourth-order valence-corrected chi connectivity index (χ4v) is 1.62. The van der Waals surface area contributed by atoms with Gasteiger partial charge in [0.2, 0.25) is 5.91 Å². The van der Waals surface area contributed by atoms with E-state index < -0.39 is 11.7 Å². The van der Waals surface area contributed by atoms with Gasteiger partial charge >= 0.3 is 6.18 Å². The standard InChI is InChI=1S/C11H12BrF3N2O/c1-17(2)6-10(18)16-9-5-7(11(13,14)15)3-4-8(9)12/h3-5H,6H2,1-2H3,(H,16,18). The van der Waals surface area contributed by atoms with Crippen LogP contribution in [0, 0.1) is 0 Å². The molecule has 0 spiro atoms. The third-order valence-corrected chi connectivity index (χ3v) is 2.72. The van der Waals surface area contributed by atoms with E-state index in [0.717, 1.165) is 12.1 Å². The van der Waals surface area contributed by atoms with E-state index in [2.05, 4.69) is 21.2 Å². The molecule has 100 valence electrons. The molecule has 1 N–H and O–H groups in total. The first-order chi connectivity index (χ1) is 8.20. The molecule has 7 heteroatoms. The molecular formula is C11H12BrF3N2O. The van der Waals surface area contributed by atoms with Crippen LogP contribution in [0.25, 0.3) is 0 Å². The molecule has 1 rings (SSSR count). The first-order valence-electron chi connectivity index (χ1n) is 5.01. The van der Waals surface area contributed by atoms with Crippen LogP contribution in [-0.2, 0) is 11.0 Å². The zero-order valence-electron chi connectivity index (χ0n) is 9.81. The lowest BCUT2D eigenvalue weighted by atomic mass is 10.2. The van der Waals surface area contributed by atoms with Gasteiger partial charge < -0.3 is 10.2 Å². The molecule has 18 heavy (non-hydrogen) atoms. The van der Waals surface area contributed by atoms with Gasteiger partial charge in [0.05, 0.1) is 17.8 Å². The van der Waals surface area contributed by atoms with Crippen LogP contribution >= 0.6 is 15.9 Å². The zero-order chi connectivity index (χ0) is 13.9. The highest BCUT2D eigenvalue weighted by molar-refractivity contribution is 9.10. The van der Waals surface area contributed by atoms with E-state index in [4.69, 9.17) is 0 Å². The summed E-state index contributed by atoms with van der Waals surface area (Å²) in [4.78, 5) is 13.1. The molecule has 0 saturated heterocycles. The van der Waals surface area contributed by atoms with Gasteiger partial charge in [-0.15, -0.1) is 0 Å². The summed E-state index contributed by atoms with van der Waals surface area (Å²) in [5.41, 5.74) is -0.692. The van der Waals surface area contributed by atoms with Crippen molar-refractivity contribution in [3.63, 3.8) is 0 Å². The van der Waals surface area contributed by atoms with Crippen molar-refractivity contribution in [3.05, 3.63) is 28.2 Å². The number of nitrogens with zero attached hydrogens (tertiary/aromatic N) is 1. The maximum absolute atomic E-state index is 12.5. The molecule has 0 atom stereocenters. The van der Waals surface area contributed by atoms with Gasteiger partial charge in [-0.3, -0.25) is 4.79 Å². The molecule has 0 bridgehead atoms. The zero-order valence-corrected chi connectivity index (χ0v) is 11.4. The van der Waals surface area contributed by atoms with Crippen LogP contribution in [0.4, 0.5) is 18.9 Å². The Morgan fingerprint density at radius 1 is 1.39 bits per heavy atom. The fourth-order valence-electron chi connectivity index (χ4n) is 1.27. The first kappa shape index (κ1) is 15.0. The van der Waals surface area contributed by atoms with Gasteiger partial charge in [-0.25, -0.2) is 0 Å². The molecule has 0 unspecified atom stereocenters. The van der Waals surface area contributed by atoms with Crippen LogP contribution in [0.5, 0.6) is 0 Å². The van der Waals surface area contributed by atoms with Crippen LogP contribution in [0.1, 0.15) is 5.56 Å². The topological polar surface area (TPSA) is 32.3 Å². The lowest BCUT2D eigenvalue weighted by Gasteiger charge is -2.13. The van der Waals surface area contributed by atoms with Crippen LogP contribution in [0.2, 0.25) is 0 Å². The summed E-state index contributed by atoms with van der Waals surface area (Å²) in [7, 11) is 3.39. The number of carbonyl (C=O) groups excluding carboxylic acids is 1. The first-order valence-corrected chi connectivity index (χ1v) is 5.81. The lowest BCUT2D eigenvalue weighted by molar-refractivity contribution is -0.137.